The highest BCUT2D eigenvalue weighted by Gasteiger charge is 2.43. The third-order valence-electron chi connectivity index (χ3n) is 5.05. The van der Waals surface area contributed by atoms with Crippen molar-refractivity contribution in [3.63, 3.8) is 0 Å². The molecule has 2 fully saturated rings. The lowest BCUT2D eigenvalue weighted by Gasteiger charge is -2.35. The predicted octanol–water partition coefficient (Wildman–Crippen LogP) is 4.00. The van der Waals surface area contributed by atoms with Crippen molar-refractivity contribution in [1.29, 1.82) is 0 Å². The largest absolute Gasteiger partial charge is 0.361 e. The molecular formula is C18H28ClN3OS2. The molecule has 1 amide bonds. The maximum Gasteiger partial charge on any atom is 0.239 e. The van der Waals surface area contributed by atoms with Crippen LogP contribution in [-0.4, -0.2) is 65.1 Å². The molecule has 0 saturated carbocycles. The molecule has 140 valence electrons. The molecule has 3 rings (SSSR count). The zero-order valence-electron chi connectivity index (χ0n) is 15.3. The second-order valence-corrected chi connectivity index (χ2v) is 11.0. The van der Waals surface area contributed by atoms with E-state index in [1.165, 1.54) is 5.00 Å². The minimum atomic E-state index is -0.250. The predicted molar refractivity (Wildman–Crippen MR) is 110 cm³/mol. The number of rotatable bonds is 6. The lowest BCUT2D eigenvalue weighted by atomic mass is 10.1. The molecular weight excluding hydrogens is 374 g/mol. The summed E-state index contributed by atoms with van der Waals surface area (Å²) in [5, 5.41) is 1.59. The maximum atomic E-state index is 12.4. The first-order valence-corrected chi connectivity index (χ1v) is 11.2. The number of carbonyl (C=O) groups excluding carboxylic acids is 1. The van der Waals surface area contributed by atoms with Crippen LogP contribution in [0.3, 0.4) is 0 Å². The topological polar surface area (TPSA) is 26.8 Å². The van der Waals surface area contributed by atoms with Gasteiger partial charge in [-0.2, -0.15) is 0 Å². The third-order valence-corrected chi connectivity index (χ3v) is 7.70. The van der Waals surface area contributed by atoms with E-state index < -0.39 is 0 Å². The Labute approximate surface area is 164 Å². The molecule has 4 nitrogen and oxygen atoms in total. The van der Waals surface area contributed by atoms with Crippen molar-refractivity contribution in [1.82, 2.24) is 9.80 Å². The van der Waals surface area contributed by atoms with Crippen LogP contribution in [0.2, 0.25) is 4.34 Å². The molecule has 0 aromatic carbocycles. The number of hydrogen-bond donors (Lipinski definition) is 0. The van der Waals surface area contributed by atoms with E-state index in [0.717, 1.165) is 56.4 Å². The van der Waals surface area contributed by atoms with E-state index in [2.05, 4.69) is 27.7 Å². The first-order valence-electron chi connectivity index (χ1n) is 9.08. The van der Waals surface area contributed by atoms with Crippen LogP contribution in [0.4, 0.5) is 5.00 Å². The zero-order valence-corrected chi connectivity index (χ0v) is 17.7. The van der Waals surface area contributed by atoms with Crippen molar-refractivity contribution in [3.05, 3.63) is 16.5 Å². The van der Waals surface area contributed by atoms with E-state index in [1.54, 1.807) is 23.1 Å². The fraction of sp³-hybridized carbons (Fsp3) is 0.722. The average Bonchev–Trinajstić information content (AvgIpc) is 3.08. The molecule has 2 aliphatic rings. The Kier molecular flexibility index (Phi) is 6.24. The van der Waals surface area contributed by atoms with Gasteiger partial charge >= 0.3 is 0 Å². The first kappa shape index (κ1) is 19.3. The van der Waals surface area contributed by atoms with Gasteiger partial charge in [-0.05, 0) is 52.3 Å². The number of thioether (sulfide) groups is 1. The summed E-state index contributed by atoms with van der Waals surface area (Å²) in [4.78, 5) is 19.4. The lowest BCUT2D eigenvalue weighted by molar-refractivity contribution is -0.131. The fourth-order valence-electron chi connectivity index (χ4n) is 3.62. The minimum Gasteiger partial charge on any atom is -0.361 e. The Bertz CT molecular complexity index is 599. The Morgan fingerprint density at radius 3 is 2.40 bits per heavy atom. The Hall–Kier alpha value is -0.430. The monoisotopic (exact) mass is 401 g/mol. The van der Waals surface area contributed by atoms with Gasteiger partial charge in [0.2, 0.25) is 5.91 Å². The van der Waals surface area contributed by atoms with Crippen LogP contribution in [0.15, 0.2) is 12.1 Å². The second-order valence-electron chi connectivity index (χ2n) is 7.34. The quantitative estimate of drug-likeness (QED) is 0.673. The lowest BCUT2D eigenvalue weighted by Crippen LogP contribution is -2.46. The molecule has 1 aromatic rings. The van der Waals surface area contributed by atoms with Crippen LogP contribution in [0.5, 0.6) is 0 Å². The number of thiophene rings is 1. The number of carbonyl (C=O) groups is 1. The smallest absolute Gasteiger partial charge is 0.239 e. The molecule has 0 spiro atoms. The van der Waals surface area contributed by atoms with Gasteiger partial charge in [0.25, 0.3) is 0 Å². The first-order chi connectivity index (χ1) is 11.9. The van der Waals surface area contributed by atoms with Crippen LogP contribution in [0.25, 0.3) is 0 Å². The third kappa shape index (κ3) is 4.65. The summed E-state index contributed by atoms with van der Waals surface area (Å²) in [7, 11) is 0. The molecule has 3 heterocycles. The molecule has 1 unspecified atom stereocenters. The maximum absolute atomic E-state index is 12.4. The molecule has 0 aliphatic carbocycles. The van der Waals surface area contributed by atoms with Crippen molar-refractivity contribution >= 4 is 45.6 Å². The van der Waals surface area contributed by atoms with Crippen molar-refractivity contribution in [2.45, 2.75) is 43.7 Å². The van der Waals surface area contributed by atoms with E-state index in [0.29, 0.717) is 11.3 Å². The molecule has 7 heteroatoms. The number of nitrogens with zero attached hydrogens (tertiary/aromatic N) is 3. The van der Waals surface area contributed by atoms with Crippen LogP contribution in [0, 0.1) is 0 Å². The second kappa shape index (κ2) is 8.07. The van der Waals surface area contributed by atoms with Gasteiger partial charge in [-0.25, -0.2) is 0 Å². The summed E-state index contributed by atoms with van der Waals surface area (Å²) in [6.07, 6.45) is 2.25. The molecule has 1 aromatic heterocycles. The number of anilines is 1. The summed E-state index contributed by atoms with van der Waals surface area (Å²) in [6.45, 7) is 12.6. The van der Waals surface area contributed by atoms with Gasteiger partial charge in [0.1, 0.15) is 0 Å². The number of amides is 1. The Morgan fingerprint density at radius 1 is 1.16 bits per heavy atom. The summed E-state index contributed by atoms with van der Waals surface area (Å²) in [5.41, 5.74) is 0. The normalized spacial score (nSPS) is 24.3. The molecule has 2 saturated heterocycles. The highest BCUT2D eigenvalue weighted by Crippen LogP contribution is 2.39. The molecule has 25 heavy (non-hydrogen) atoms. The summed E-state index contributed by atoms with van der Waals surface area (Å²) in [6, 6.07) is 4.10. The number of unbranched alkanes of at least 4 members (excludes halogenated alkanes) is 1. The number of halogens is 1. The standard InChI is InChI=1S/C18H28ClN3OS2/c1-14-22(17(23)18(2,3)25-14)9-5-4-8-20-10-12-21(13-11-20)16-7-6-15(19)24-16/h6-7,14H,4-5,8-13H2,1-3H3. The van der Waals surface area contributed by atoms with Gasteiger partial charge in [0, 0.05) is 32.7 Å². The van der Waals surface area contributed by atoms with Crippen LogP contribution in [-0.2, 0) is 4.79 Å². The van der Waals surface area contributed by atoms with Gasteiger partial charge in [-0.15, -0.1) is 23.1 Å². The molecule has 0 bridgehead atoms. The Morgan fingerprint density at radius 2 is 1.84 bits per heavy atom. The van der Waals surface area contributed by atoms with Gasteiger partial charge in [0.15, 0.2) is 0 Å². The summed E-state index contributed by atoms with van der Waals surface area (Å²) < 4.78 is 0.616. The van der Waals surface area contributed by atoms with E-state index >= 15 is 0 Å². The van der Waals surface area contributed by atoms with Crippen molar-refractivity contribution in [2.75, 3.05) is 44.2 Å². The van der Waals surface area contributed by atoms with E-state index in [9.17, 15) is 4.79 Å². The van der Waals surface area contributed by atoms with Gasteiger partial charge in [-0.1, -0.05) is 11.6 Å². The fourth-order valence-corrected chi connectivity index (χ4v) is 6.10. The molecule has 1 atom stereocenters. The highest BCUT2D eigenvalue weighted by molar-refractivity contribution is 8.02. The SMILES string of the molecule is CC1SC(C)(C)C(=O)N1CCCCN1CCN(c2ccc(Cl)s2)CC1. The van der Waals surface area contributed by atoms with Crippen LogP contribution >= 0.6 is 34.7 Å². The van der Waals surface area contributed by atoms with Gasteiger partial charge in [-0.3, -0.25) is 9.69 Å². The summed E-state index contributed by atoms with van der Waals surface area (Å²) in [5.74, 6) is 0.299. The van der Waals surface area contributed by atoms with Crippen molar-refractivity contribution < 1.29 is 4.79 Å². The van der Waals surface area contributed by atoms with Gasteiger partial charge < -0.3 is 9.80 Å². The van der Waals surface area contributed by atoms with E-state index in [-0.39, 0.29) is 4.75 Å². The molecule has 2 aliphatic heterocycles. The number of hydrogen-bond acceptors (Lipinski definition) is 5. The van der Waals surface area contributed by atoms with Crippen molar-refractivity contribution in [3.8, 4) is 0 Å². The van der Waals surface area contributed by atoms with E-state index in [4.69, 9.17) is 11.6 Å². The summed E-state index contributed by atoms with van der Waals surface area (Å²) >= 11 is 9.48. The highest BCUT2D eigenvalue weighted by atomic mass is 35.5. The number of piperazine rings is 1. The van der Waals surface area contributed by atoms with Crippen molar-refractivity contribution in [2.24, 2.45) is 0 Å². The molecule has 0 N–H and O–H groups in total. The minimum absolute atomic E-state index is 0.250. The van der Waals surface area contributed by atoms with Crippen LogP contribution in [0.1, 0.15) is 33.6 Å². The Balaban J connectivity index is 1.35. The zero-order chi connectivity index (χ0) is 18.0. The van der Waals surface area contributed by atoms with E-state index in [1.807, 2.05) is 19.9 Å². The van der Waals surface area contributed by atoms with Crippen LogP contribution < -0.4 is 4.90 Å². The van der Waals surface area contributed by atoms with Gasteiger partial charge in [0.05, 0.1) is 19.5 Å². The molecule has 0 radical (unpaired) electrons. The average molecular weight is 402 g/mol.